The average Bonchev–Trinajstić information content (AvgIpc) is 2.61. The Labute approximate surface area is 149 Å². The van der Waals surface area contributed by atoms with Crippen molar-refractivity contribution in [2.24, 2.45) is 0 Å². The van der Waals surface area contributed by atoms with E-state index in [0.29, 0.717) is 25.4 Å². The first kappa shape index (κ1) is 19.2. The van der Waals surface area contributed by atoms with Gasteiger partial charge in [0.15, 0.2) is 11.5 Å². The summed E-state index contributed by atoms with van der Waals surface area (Å²) in [4.78, 5) is 1.08. The van der Waals surface area contributed by atoms with E-state index < -0.39 is 28.8 Å². The molecule has 0 spiro atoms. The number of fused-ring (bicyclic) bond motifs is 1. The molecule has 26 heavy (non-hydrogen) atoms. The van der Waals surface area contributed by atoms with Gasteiger partial charge in [0.25, 0.3) is 0 Å². The lowest BCUT2D eigenvalue weighted by molar-refractivity contribution is -0.182. The Morgan fingerprint density at radius 1 is 1.15 bits per heavy atom. The summed E-state index contributed by atoms with van der Waals surface area (Å²) in [6.07, 6.45) is -4.54. The number of hydrogen-bond donors (Lipinski definition) is 2. The highest BCUT2D eigenvalue weighted by Gasteiger charge is 2.44. The summed E-state index contributed by atoms with van der Waals surface area (Å²) in [6.45, 7) is 1.16. The molecule has 1 aromatic rings. The van der Waals surface area contributed by atoms with E-state index in [-0.39, 0.29) is 30.3 Å². The van der Waals surface area contributed by atoms with Gasteiger partial charge in [-0.15, -0.1) is 0 Å². The number of nitrogens with one attached hydrogen (secondary N) is 2. The topological polar surface area (TPSA) is 79.9 Å². The molecule has 11 heteroatoms. The van der Waals surface area contributed by atoms with E-state index in [1.165, 1.54) is 23.1 Å². The minimum Gasteiger partial charge on any atom is -0.486 e. The Bertz CT molecular complexity index is 736. The first-order valence-electron chi connectivity index (χ1n) is 8.18. The zero-order valence-electron chi connectivity index (χ0n) is 13.9. The van der Waals surface area contributed by atoms with Gasteiger partial charge in [0.1, 0.15) is 19.3 Å². The fraction of sp³-hybridized carbons (Fsp3) is 0.600. The van der Waals surface area contributed by atoms with Crippen LogP contribution in [-0.2, 0) is 10.0 Å². The number of alkyl halides is 3. The van der Waals surface area contributed by atoms with E-state index in [1.807, 2.05) is 0 Å². The summed E-state index contributed by atoms with van der Waals surface area (Å²) in [5, 5.41) is 2.97. The van der Waals surface area contributed by atoms with Crippen LogP contribution in [0.25, 0.3) is 0 Å². The number of hydrogen-bond acceptors (Lipinski definition) is 6. The predicted octanol–water partition coefficient (Wildman–Crippen LogP) is 0.572. The molecule has 0 aliphatic carbocycles. The lowest BCUT2D eigenvalue weighted by Gasteiger charge is -2.35. The minimum absolute atomic E-state index is 0.164. The maximum Gasteiger partial charge on any atom is 0.405 e. The van der Waals surface area contributed by atoms with E-state index >= 15 is 0 Å². The summed E-state index contributed by atoms with van der Waals surface area (Å²) >= 11 is 0. The summed E-state index contributed by atoms with van der Waals surface area (Å²) in [6, 6.07) is 2.09. The van der Waals surface area contributed by atoms with Gasteiger partial charge < -0.3 is 14.8 Å². The smallest absolute Gasteiger partial charge is 0.405 e. The van der Waals surface area contributed by atoms with Gasteiger partial charge in [-0.25, -0.2) is 13.1 Å². The summed E-state index contributed by atoms with van der Waals surface area (Å²) < 4.78 is 77.7. The van der Waals surface area contributed by atoms with Crippen molar-refractivity contribution < 1.29 is 31.1 Å². The highest BCUT2D eigenvalue weighted by molar-refractivity contribution is 7.89. The van der Waals surface area contributed by atoms with Crippen LogP contribution in [0.5, 0.6) is 11.5 Å². The largest absolute Gasteiger partial charge is 0.486 e. The molecule has 1 atom stereocenters. The number of benzene rings is 1. The van der Waals surface area contributed by atoms with Gasteiger partial charge in [-0.1, -0.05) is 0 Å². The first-order valence-corrected chi connectivity index (χ1v) is 9.66. The molecule has 0 bridgehead atoms. The predicted molar refractivity (Wildman–Crippen MR) is 86.9 cm³/mol. The van der Waals surface area contributed by atoms with Gasteiger partial charge in [0, 0.05) is 38.8 Å². The molecule has 3 rings (SSSR count). The highest BCUT2D eigenvalue weighted by atomic mass is 32.2. The van der Waals surface area contributed by atoms with Crippen LogP contribution in [0.15, 0.2) is 23.1 Å². The lowest BCUT2D eigenvalue weighted by Crippen LogP contribution is -2.57. The van der Waals surface area contributed by atoms with E-state index in [0.717, 1.165) is 0 Å². The molecule has 1 fully saturated rings. The molecule has 2 aliphatic rings. The Hall–Kier alpha value is -1.56. The van der Waals surface area contributed by atoms with Crippen LogP contribution < -0.4 is 19.5 Å². The third-order valence-corrected chi connectivity index (χ3v) is 5.68. The SMILES string of the molecule is O=S(=O)(NCC(N1CCNCC1)C(F)(F)F)c1ccc2c(c1)OCCO2. The van der Waals surface area contributed by atoms with Gasteiger partial charge in [-0.05, 0) is 12.1 Å². The van der Waals surface area contributed by atoms with E-state index in [4.69, 9.17) is 9.47 Å². The molecule has 146 valence electrons. The van der Waals surface area contributed by atoms with Gasteiger partial charge in [-0.2, -0.15) is 13.2 Å². The molecule has 2 N–H and O–H groups in total. The summed E-state index contributed by atoms with van der Waals surface area (Å²) in [5.41, 5.74) is 0. The fourth-order valence-electron chi connectivity index (χ4n) is 2.91. The molecule has 0 saturated carbocycles. The maximum atomic E-state index is 13.4. The van der Waals surface area contributed by atoms with Crippen molar-refractivity contribution in [2.75, 3.05) is 45.9 Å². The monoisotopic (exact) mass is 395 g/mol. The number of sulfonamides is 1. The van der Waals surface area contributed by atoms with Crippen LogP contribution in [0.4, 0.5) is 13.2 Å². The van der Waals surface area contributed by atoms with Gasteiger partial charge in [0.05, 0.1) is 4.90 Å². The van der Waals surface area contributed by atoms with Crippen molar-refractivity contribution in [1.29, 1.82) is 0 Å². The van der Waals surface area contributed by atoms with E-state index in [9.17, 15) is 21.6 Å². The van der Waals surface area contributed by atoms with E-state index in [2.05, 4.69) is 10.0 Å². The third kappa shape index (κ3) is 4.40. The van der Waals surface area contributed by atoms with Crippen LogP contribution in [-0.4, -0.2) is 71.5 Å². The van der Waals surface area contributed by atoms with Gasteiger partial charge in [0.2, 0.25) is 10.0 Å². The van der Waals surface area contributed by atoms with Crippen molar-refractivity contribution in [3.8, 4) is 11.5 Å². The molecule has 2 aliphatic heterocycles. The summed E-state index contributed by atoms with van der Waals surface area (Å²) in [5.74, 6) is 0.665. The second-order valence-corrected chi connectivity index (χ2v) is 7.77. The molecule has 1 aromatic carbocycles. The van der Waals surface area contributed by atoms with Crippen LogP contribution >= 0.6 is 0 Å². The molecular formula is C15H20F3N3O4S. The molecular weight excluding hydrogens is 375 g/mol. The van der Waals surface area contributed by atoms with Crippen molar-refractivity contribution in [3.63, 3.8) is 0 Å². The van der Waals surface area contributed by atoms with Crippen molar-refractivity contribution >= 4 is 10.0 Å². The molecule has 1 unspecified atom stereocenters. The molecule has 1 saturated heterocycles. The van der Waals surface area contributed by atoms with Crippen molar-refractivity contribution in [1.82, 2.24) is 14.9 Å². The lowest BCUT2D eigenvalue weighted by atomic mass is 10.2. The fourth-order valence-corrected chi connectivity index (χ4v) is 3.96. The molecule has 2 heterocycles. The Balaban J connectivity index is 1.73. The number of ether oxygens (including phenoxy) is 2. The zero-order chi connectivity index (χ0) is 18.8. The molecule has 7 nitrogen and oxygen atoms in total. The normalized spacial score (nSPS) is 20.0. The van der Waals surface area contributed by atoms with Crippen LogP contribution in [0.2, 0.25) is 0 Å². The number of halogens is 3. The second kappa shape index (κ2) is 7.59. The van der Waals surface area contributed by atoms with Crippen LogP contribution in [0.1, 0.15) is 0 Å². The second-order valence-electron chi connectivity index (χ2n) is 6.00. The number of piperazine rings is 1. The van der Waals surface area contributed by atoms with E-state index in [1.54, 1.807) is 0 Å². The Morgan fingerprint density at radius 3 is 2.46 bits per heavy atom. The number of nitrogens with zero attached hydrogens (tertiary/aromatic N) is 1. The first-order chi connectivity index (χ1) is 12.3. The molecule has 0 amide bonds. The Kier molecular flexibility index (Phi) is 5.61. The van der Waals surface area contributed by atoms with Gasteiger partial charge >= 0.3 is 6.18 Å². The number of rotatable bonds is 5. The standard InChI is InChI=1S/C15H20F3N3O4S/c16-15(17,18)14(21-5-3-19-4-6-21)10-20-26(22,23)11-1-2-12-13(9-11)25-8-7-24-12/h1-2,9,14,19-20H,3-8,10H2. The van der Waals surface area contributed by atoms with Gasteiger partial charge in [-0.3, -0.25) is 4.90 Å². The highest BCUT2D eigenvalue weighted by Crippen LogP contribution is 2.32. The minimum atomic E-state index is -4.54. The molecule has 0 aromatic heterocycles. The summed E-state index contributed by atoms with van der Waals surface area (Å²) in [7, 11) is -4.12. The van der Waals surface area contributed by atoms with Crippen molar-refractivity contribution in [2.45, 2.75) is 17.1 Å². The maximum absolute atomic E-state index is 13.4. The van der Waals surface area contributed by atoms with Crippen molar-refractivity contribution in [3.05, 3.63) is 18.2 Å². The van der Waals surface area contributed by atoms with Crippen LogP contribution in [0.3, 0.4) is 0 Å². The third-order valence-electron chi connectivity index (χ3n) is 4.26. The van der Waals surface area contributed by atoms with Crippen LogP contribution in [0, 0.1) is 0 Å². The zero-order valence-corrected chi connectivity index (χ0v) is 14.7. The average molecular weight is 395 g/mol. The Morgan fingerprint density at radius 2 is 1.81 bits per heavy atom. The quantitative estimate of drug-likeness (QED) is 0.759. The molecule has 0 radical (unpaired) electrons.